The first-order chi connectivity index (χ1) is 10.1. The Morgan fingerprint density at radius 2 is 1.81 bits per heavy atom. The van der Waals surface area contributed by atoms with Crippen molar-refractivity contribution in [2.45, 2.75) is 16.2 Å². The Balaban J connectivity index is 2.06. The molecular weight excluding hydrogens is 281 g/mol. The van der Waals surface area contributed by atoms with Crippen LogP contribution in [-0.4, -0.2) is 25.5 Å². The number of rotatable bonds is 3. The molecule has 108 valence electrons. The third-order valence-electron chi connectivity index (χ3n) is 3.55. The largest absolute Gasteiger partial charge is 0.309 e. The van der Waals surface area contributed by atoms with E-state index >= 15 is 0 Å². The maximum Gasteiger partial charge on any atom is 0.123 e. The van der Waals surface area contributed by atoms with Crippen LogP contribution >= 0.6 is 11.8 Å². The lowest BCUT2D eigenvalue weighted by Gasteiger charge is -2.22. The van der Waals surface area contributed by atoms with Gasteiger partial charge in [-0.1, -0.05) is 36.0 Å². The molecule has 0 radical (unpaired) electrons. The first-order valence-corrected chi connectivity index (χ1v) is 7.89. The molecule has 0 aromatic heterocycles. The van der Waals surface area contributed by atoms with E-state index in [0.717, 1.165) is 29.0 Å². The summed E-state index contributed by atoms with van der Waals surface area (Å²) in [5, 5.41) is 0. The Bertz CT molecular complexity index is 691. The van der Waals surface area contributed by atoms with Crippen LogP contribution in [0.4, 0.5) is 4.39 Å². The molecule has 0 atom stereocenters. The summed E-state index contributed by atoms with van der Waals surface area (Å²) < 4.78 is 13.6. The SMILES string of the molecule is CN(C)CC/C=C1\c2ccccc2Sc2ccc(F)cc21. The van der Waals surface area contributed by atoms with Gasteiger partial charge in [0, 0.05) is 16.3 Å². The smallest absolute Gasteiger partial charge is 0.123 e. The number of nitrogens with zero attached hydrogens (tertiary/aromatic N) is 1. The molecule has 1 aliphatic heterocycles. The first-order valence-electron chi connectivity index (χ1n) is 7.07. The van der Waals surface area contributed by atoms with Crippen LogP contribution < -0.4 is 0 Å². The lowest BCUT2D eigenvalue weighted by Crippen LogP contribution is -2.12. The summed E-state index contributed by atoms with van der Waals surface area (Å²) in [5.41, 5.74) is 3.37. The summed E-state index contributed by atoms with van der Waals surface area (Å²) in [6.07, 6.45) is 3.19. The molecule has 0 N–H and O–H groups in total. The molecule has 1 aliphatic rings. The van der Waals surface area contributed by atoms with E-state index in [2.05, 4.69) is 43.3 Å². The number of hydrogen-bond acceptors (Lipinski definition) is 2. The molecule has 0 saturated heterocycles. The van der Waals surface area contributed by atoms with Crippen LogP contribution in [0.15, 0.2) is 58.3 Å². The van der Waals surface area contributed by atoms with Gasteiger partial charge in [0.2, 0.25) is 0 Å². The van der Waals surface area contributed by atoms with Crippen molar-refractivity contribution in [1.29, 1.82) is 0 Å². The van der Waals surface area contributed by atoms with Gasteiger partial charge in [-0.25, -0.2) is 4.39 Å². The van der Waals surface area contributed by atoms with Crippen molar-refractivity contribution < 1.29 is 4.39 Å². The summed E-state index contributed by atoms with van der Waals surface area (Å²) in [5.74, 6) is -0.174. The second-order valence-electron chi connectivity index (χ2n) is 5.45. The van der Waals surface area contributed by atoms with Gasteiger partial charge in [-0.2, -0.15) is 0 Å². The molecule has 1 nitrogen and oxygen atoms in total. The van der Waals surface area contributed by atoms with E-state index in [1.165, 1.54) is 16.5 Å². The average molecular weight is 299 g/mol. The summed E-state index contributed by atoms with van der Waals surface area (Å²) in [6, 6.07) is 13.4. The Morgan fingerprint density at radius 3 is 2.62 bits per heavy atom. The maximum absolute atomic E-state index is 13.6. The van der Waals surface area contributed by atoms with Crippen molar-refractivity contribution in [3.8, 4) is 0 Å². The highest BCUT2D eigenvalue weighted by atomic mass is 32.2. The fraction of sp³-hybridized carbons (Fsp3) is 0.222. The fourth-order valence-electron chi connectivity index (χ4n) is 2.53. The van der Waals surface area contributed by atoms with Crippen molar-refractivity contribution in [2.24, 2.45) is 0 Å². The number of benzene rings is 2. The van der Waals surface area contributed by atoms with Gasteiger partial charge in [-0.15, -0.1) is 0 Å². The third kappa shape index (κ3) is 3.04. The highest BCUT2D eigenvalue weighted by molar-refractivity contribution is 7.99. The molecule has 0 unspecified atom stereocenters. The standard InChI is InChI=1S/C18H18FNS/c1-20(2)11-5-7-14-15-6-3-4-8-17(15)21-18-10-9-13(19)12-16(14)18/h3-4,6-10,12H,5,11H2,1-2H3/b14-7+. The first kappa shape index (κ1) is 14.4. The molecule has 0 bridgehead atoms. The molecule has 1 heterocycles. The summed E-state index contributed by atoms with van der Waals surface area (Å²) >= 11 is 1.72. The predicted octanol–water partition coefficient (Wildman–Crippen LogP) is 4.67. The van der Waals surface area contributed by atoms with E-state index in [1.54, 1.807) is 17.8 Å². The normalized spacial score (nSPS) is 15.1. The van der Waals surface area contributed by atoms with Crippen molar-refractivity contribution in [1.82, 2.24) is 4.90 Å². The number of fused-ring (bicyclic) bond motifs is 2. The Hall–Kier alpha value is -1.58. The van der Waals surface area contributed by atoms with Gasteiger partial charge in [0.15, 0.2) is 0 Å². The molecular formula is C18H18FNS. The van der Waals surface area contributed by atoms with Crippen LogP contribution in [0.2, 0.25) is 0 Å². The van der Waals surface area contributed by atoms with E-state index < -0.39 is 0 Å². The quantitative estimate of drug-likeness (QED) is 0.691. The highest BCUT2D eigenvalue weighted by Crippen LogP contribution is 2.45. The average Bonchev–Trinajstić information content (AvgIpc) is 2.46. The number of halogens is 1. The van der Waals surface area contributed by atoms with Crippen LogP contribution in [0.25, 0.3) is 5.57 Å². The van der Waals surface area contributed by atoms with Crippen LogP contribution in [0.5, 0.6) is 0 Å². The predicted molar refractivity (Wildman–Crippen MR) is 87.2 cm³/mol. The lowest BCUT2D eigenvalue weighted by molar-refractivity contribution is 0.417. The van der Waals surface area contributed by atoms with Gasteiger partial charge in [0.1, 0.15) is 5.82 Å². The second kappa shape index (κ2) is 6.04. The van der Waals surface area contributed by atoms with Crippen molar-refractivity contribution in [3.63, 3.8) is 0 Å². The molecule has 3 rings (SSSR count). The Morgan fingerprint density at radius 1 is 1.05 bits per heavy atom. The zero-order valence-corrected chi connectivity index (χ0v) is 13.1. The van der Waals surface area contributed by atoms with Crippen LogP contribution in [-0.2, 0) is 0 Å². The molecule has 2 aromatic rings. The van der Waals surface area contributed by atoms with Crippen molar-refractivity contribution in [2.75, 3.05) is 20.6 Å². The van der Waals surface area contributed by atoms with Crippen LogP contribution in [0, 0.1) is 5.82 Å². The molecule has 2 aromatic carbocycles. The Labute approximate surface area is 129 Å². The van der Waals surface area contributed by atoms with E-state index in [4.69, 9.17) is 0 Å². The van der Waals surface area contributed by atoms with Gasteiger partial charge in [-0.05, 0) is 61.5 Å². The zero-order valence-electron chi connectivity index (χ0n) is 12.3. The molecule has 0 spiro atoms. The molecule has 0 amide bonds. The Kier molecular flexibility index (Phi) is 4.13. The summed E-state index contributed by atoms with van der Waals surface area (Å²) in [6.45, 7) is 0.990. The highest BCUT2D eigenvalue weighted by Gasteiger charge is 2.20. The van der Waals surface area contributed by atoms with Gasteiger partial charge in [0.05, 0.1) is 0 Å². The molecule has 0 saturated carbocycles. The minimum absolute atomic E-state index is 0.174. The summed E-state index contributed by atoms with van der Waals surface area (Å²) in [7, 11) is 4.13. The van der Waals surface area contributed by atoms with Crippen LogP contribution in [0.1, 0.15) is 17.5 Å². The molecule has 0 fully saturated rings. The minimum Gasteiger partial charge on any atom is -0.309 e. The van der Waals surface area contributed by atoms with Gasteiger partial charge in [0.25, 0.3) is 0 Å². The van der Waals surface area contributed by atoms with E-state index in [-0.39, 0.29) is 5.82 Å². The fourth-order valence-corrected chi connectivity index (χ4v) is 3.62. The van der Waals surface area contributed by atoms with E-state index in [0.29, 0.717) is 0 Å². The van der Waals surface area contributed by atoms with E-state index in [1.807, 2.05) is 12.1 Å². The topological polar surface area (TPSA) is 3.24 Å². The lowest BCUT2D eigenvalue weighted by atomic mass is 9.96. The minimum atomic E-state index is -0.174. The van der Waals surface area contributed by atoms with Crippen molar-refractivity contribution >= 4 is 17.3 Å². The summed E-state index contributed by atoms with van der Waals surface area (Å²) in [4.78, 5) is 4.53. The molecule has 0 aliphatic carbocycles. The van der Waals surface area contributed by atoms with Gasteiger partial charge in [-0.3, -0.25) is 0 Å². The molecule has 21 heavy (non-hydrogen) atoms. The van der Waals surface area contributed by atoms with Crippen LogP contribution in [0.3, 0.4) is 0 Å². The zero-order chi connectivity index (χ0) is 14.8. The van der Waals surface area contributed by atoms with Crippen molar-refractivity contribution in [3.05, 3.63) is 65.5 Å². The third-order valence-corrected chi connectivity index (χ3v) is 4.71. The maximum atomic E-state index is 13.6. The number of hydrogen-bond donors (Lipinski definition) is 0. The van der Waals surface area contributed by atoms with E-state index in [9.17, 15) is 4.39 Å². The van der Waals surface area contributed by atoms with Gasteiger partial charge < -0.3 is 4.90 Å². The van der Waals surface area contributed by atoms with Gasteiger partial charge >= 0.3 is 0 Å². The molecule has 3 heteroatoms. The monoisotopic (exact) mass is 299 g/mol. The second-order valence-corrected chi connectivity index (χ2v) is 6.53.